The van der Waals surface area contributed by atoms with Gasteiger partial charge in [0.1, 0.15) is 0 Å². The summed E-state index contributed by atoms with van der Waals surface area (Å²) in [6.45, 7) is 0. The summed E-state index contributed by atoms with van der Waals surface area (Å²) >= 11 is 0. The van der Waals surface area contributed by atoms with Crippen molar-refractivity contribution in [1.29, 1.82) is 0 Å². The Kier molecular flexibility index (Phi) is 3.67. The number of para-hydroxylation sites is 2. The highest BCUT2D eigenvalue weighted by Gasteiger charge is 2.20. The number of fused-ring (bicyclic) bond motifs is 7. The molecule has 0 saturated heterocycles. The van der Waals surface area contributed by atoms with E-state index in [0.717, 1.165) is 25.7 Å². The predicted molar refractivity (Wildman–Crippen MR) is 136 cm³/mol. The molecule has 4 aromatic carbocycles. The molecule has 2 aliphatic rings. The molecule has 0 radical (unpaired) electrons. The van der Waals surface area contributed by atoms with Gasteiger partial charge in [-0.15, -0.1) is 0 Å². The van der Waals surface area contributed by atoms with E-state index in [0.29, 0.717) is 0 Å². The minimum Gasteiger partial charge on any atom is -0.343 e. The fraction of sp³-hybridized carbons (Fsp3) is 0.200. The molecule has 0 spiro atoms. The molecule has 32 heavy (non-hydrogen) atoms. The van der Waals surface area contributed by atoms with Gasteiger partial charge in [0.2, 0.25) is 0 Å². The lowest BCUT2D eigenvalue weighted by Gasteiger charge is -2.15. The minimum atomic E-state index is 1.05. The molecule has 0 atom stereocenters. The Morgan fingerprint density at radius 3 is 1.31 bits per heavy atom. The number of rotatable bonds is 0. The van der Waals surface area contributed by atoms with Crippen LogP contribution in [0, 0.1) is 0 Å². The van der Waals surface area contributed by atoms with Gasteiger partial charge < -0.3 is 9.13 Å². The highest BCUT2D eigenvalue weighted by molar-refractivity contribution is 6.12. The zero-order valence-corrected chi connectivity index (χ0v) is 18.7. The summed E-state index contributed by atoms with van der Waals surface area (Å²) < 4.78 is 4.84. The number of hydrogen-bond donors (Lipinski definition) is 0. The maximum atomic E-state index is 2.42. The van der Waals surface area contributed by atoms with E-state index in [-0.39, 0.29) is 0 Å². The number of hydrogen-bond acceptors (Lipinski definition) is 0. The first-order chi connectivity index (χ1) is 15.7. The first kappa shape index (κ1) is 18.1. The molecule has 0 fully saturated rings. The van der Waals surface area contributed by atoms with Crippen molar-refractivity contribution >= 4 is 43.6 Å². The Balaban J connectivity index is 1.54. The average molecular weight is 415 g/mol. The molecular weight excluding hydrogens is 388 g/mol. The van der Waals surface area contributed by atoms with Crippen LogP contribution in [0.3, 0.4) is 0 Å². The van der Waals surface area contributed by atoms with E-state index in [1.807, 2.05) is 0 Å². The lowest BCUT2D eigenvalue weighted by Crippen LogP contribution is -2.03. The van der Waals surface area contributed by atoms with Crippen LogP contribution in [0.15, 0.2) is 72.8 Å². The van der Waals surface area contributed by atoms with Gasteiger partial charge in [0.05, 0.1) is 11.0 Å². The maximum absolute atomic E-state index is 2.42. The molecule has 156 valence electrons. The van der Waals surface area contributed by atoms with E-state index in [1.165, 1.54) is 65.9 Å². The zero-order chi connectivity index (χ0) is 21.4. The van der Waals surface area contributed by atoms with Gasteiger partial charge in [0, 0.05) is 46.7 Å². The predicted octanol–water partition coefficient (Wildman–Crippen LogP) is 6.86. The third-order valence-corrected chi connectivity index (χ3v) is 7.76. The van der Waals surface area contributed by atoms with Crippen LogP contribution < -0.4 is 0 Å². The summed E-state index contributed by atoms with van der Waals surface area (Å²) in [5.74, 6) is 0. The Morgan fingerprint density at radius 1 is 0.469 bits per heavy atom. The summed E-state index contributed by atoms with van der Waals surface area (Å²) in [7, 11) is 4.47. The summed E-state index contributed by atoms with van der Waals surface area (Å²) in [6, 6.07) is 27.4. The highest BCUT2D eigenvalue weighted by Crippen LogP contribution is 2.38. The lowest BCUT2D eigenvalue weighted by atomic mass is 9.91. The van der Waals surface area contributed by atoms with Gasteiger partial charge in [-0.2, -0.15) is 0 Å². The van der Waals surface area contributed by atoms with E-state index < -0.39 is 0 Å². The molecule has 8 rings (SSSR count). The second-order valence-electron chi connectivity index (χ2n) is 9.37. The second-order valence-corrected chi connectivity index (χ2v) is 9.37. The largest absolute Gasteiger partial charge is 0.343 e. The van der Waals surface area contributed by atoms with Crippen molar-refractivity contribution < 1.29 is 0 Å². The topological polar surface area (TPSA) is 9.86 Å². The molecule has 2 aliphatic carbocycles. The van der Waals surface area contributed by atoms with Gasteiger partial charge in [-0.25, -0.2) is 0 Å². The Bertz CT molecular complexity index is 1570. The Hall–Kier alpha value is -3.52. The van der Waals surface area contributed by atoms with Crippen LogP contribution >= 0.6 is 0 Å². The van der Waals surface area contributed by atoms with Crippen molar-refractivity contribution in [1.82, 2.24) is 9.13 Å². The molecule has 2 aromatic heterocycles. The summed E-state index contributed by atoms with van der Waals surface area (Å²) in [6.07, 6.45) is 4.22. The molecule has 4 bridgehead atoms. The van der Waals surface area contributed by atoms with Crippen molar-refractivity contribution in [2.75, 3.05) is 0 Å². The Morgan fingerprint density at radius 2 is 0.844 bits per heavy atom. The van der Waals surface area contributed by atoms with Crippen LogP contribution in [0.5, 0.6) is 0 Å². The van der Waals surface area contributed by atoms with Crippen molar-refractivity contribution in [3.8, 4) is 0 Å². The molecule has 0 N–H and O–H groups in total. The normalized spacial score (nSPS) is 14.1. The number of benzene rings is 4. The van der Waals surface area contributed by atoms with Gasteiger partial charge in [0.15, 0.2) is 0 Å². The maximum Gasteiger partial charge on any atom is 0.0524 e. The SMILES string of the molecule is Cn1c2ccccc2c2c3ccc(c21)CCc1ccc(c2c1c1ccccc1n2C)CC3. The van der Waals surface area contributed by atoms with Gasteiger partial charge in [-0.1, -0.05) is 60.7 Å². The molecular formula is C30H26N2. The van der Waals surface area contributed by atoms with Crippen molar-refractivity contribution in [3.63, 3.8) is 0 Å². The molecule has 0 saturated carbocycles. The Labute approximate surface area is 187 Å². The van der Waals surface area contributed by atoms with Crippen molar-refractivity contribution in [2.45, 2.75) is 25.7 Å². The van der Waals surface area contributed by atoms with Crippen LogP contribution in [0.4, 0.5) is 0 Å². The van der Waals surface area contributed by atoms with E-state index in [1.54, 1.807) is 0 Å². The summed E-state index contributed by atoms with van der Waals surface area (Å²) in [4.78, 5) is 0. The van der Waals surface area contributed by atoms with Crippen molar-refractivity contribution in [2.24, 2.45) is 14.1 Å². The number of aryl methyl sites for hydroxylation is 6. The van der Waals surface area contributed by atoms with Gasteiger partial charge in [-0.05, 0) is 60.1 Å². The molecule has 2 heterocycles. The van der Waals surface area contributed by atoms with E-state index in [4.69, 9.17) is 0 Å². The van der Waals surface area contributed by atoms with Gasteiger partial charge in [0.25, 0.3) is 0 Å². The smallest absolute Gasteiger partial charge is 0.0524 e. The molecule has 0 amide bonds. The molecule has 0 aliphatic heterocycles. The lowest BCUT2D eigenvalue weighted by molar-refractivity contribution is 0.918. The molecule has 2 nitrogen and oxygen atoms in total. The second kappa shape index (κ2) is 6.49. The quantitative estimate of drug-likeness (QED) is 0.257. The van der Waals surface area contributed by atoms with E-state index >= 15 is 0 Å². The zero-order valence-electron chi connectivity index (χ0n) is 18.7. The summed E-state index contributed by atoms with van der Waals surface area (Å²) in [5, 5.41) is 5.71. The van der Waals surface area contributed by atoms with Crippen LogP contribution in [-0.4, -0.2) is 9.13 Å². The van der Waals surface area contributed by atoms with Gasteiger partial charge in [-0.3, -0.25) is 0 Å². The van der Waals surface area contributed by atoms with Crippen LogP contribution in [0.2, 0.25) is 0 Å². The highest BCUT2D eigenvalue weighted by atomic mass is 14.9. The third-order valence-electron chi connectivity index (χ3n) is 7.76. The third kappa shape index (κ3) is 2.30. The van der Waals surface area contributed by atoms with Gasteiger partial charge >= 0.3 is 0 Å². The first-order valence-electron chi connectivity index (χ1n) is 11.7. The first-order valence-corrected chi connectivity index (χ1v) is 11.7. The molecule has 2 heteroatoms. The van der Waals surface area contributed by atoms with Crippen molar-refractivity contribution in [3.05, 3.63) is 95.1 Å². The number of aromatic nitrogens is 2. The molecule has 6 aromatic rings. The fourth-order valence-electron chi connectivity index (χ4n) is 6.27. The fourth-order valence-corrected chi connectivity index (χ4v) is 6.27. The number of nitrogens with zero attached hydrogens (tertiary/aromatic N) is 2. The van der Waals surface area contributed by atoms with Crippen LogP contribution in [-0.2, 0) is 39.8 Å². The van der Waals surface area contributed by atoms with E-state index in [9.17, 15) is 0 Å². The van der Waals surface area contributed by atoms with E-state index in [2.05, 4.69) is 96.0 Å². The average Bonchev–Trinajstić information content (AvgIpc) is 3.29. The van der Waals surface area contributed by atoms with Crippen LogP contribution in [0.25, 0.3) is 43.6 Å². The minimum absolute atomic E-state index is 1.05. The van der Waals surface area contributed by atoms with Crippen LogP contribution in [0.1, 0.15) is 22.3 Å². The molecule has 0 unspecified atom stereocenters. The standard InChI is InChI=1S/C30H26N2/c1-31-25-9-5-3-7-23(25)27-19-11-15-21(29(27)31)17-13-20-12-16-22(18-14-19)30-28(20)24-8-4-6-10-26(24)32(30)2/h3-12,15-16H,13-14,17-18H2,1-2H3. The monoisotopic (exact) mass is 414 g/mol. The summed E-state index contributed by atoms with van der Waals surface area (Å²) in [5.41, 5.74) is 11.4.